The van der Waals surface area contributed by atoms with Gasteiger partial charge in [-0.2, -0.15) is 0 Å². The van der Waals surface area contributed by atoms with Crippen molar-refractivity contribution < 1.29 is 14.6 Å². The van der Waals surface area contributed by atoms with Crippen molar-refractivity contribution in [1.82, 2.24) is 0 Å². The van der Waals surface area contributed by atoms with E-state index in [1.54, 1.807) is 7.11 Å². The number of aliphatic hydroxyl groups excluding tert-OH is 1. The summed E-state index contributed by atoms with van der Waals surface area (Å²) >= 11 is 0. The number of hydrogen-bond acceptors (Lipinski definition) is 3. The Labute approximate surface area is 96.0 Å². The van der Waals surface area contributed by atoms with Crippen LogP contribution in [-0.4, -0.2) is 30.5 Å². The predicted molar refractivity (Wildman–Crippen MR) is 61.7 cm³/mol. The molecule has 88 valence electrons. The Morgan fingerprint density at radius 3 is 2.88 bits per heavy atom. The molecule has 2 rings (SSSR count). The SMILES string of the molecule is CCc1cccc(OC2CC(O)C2OC)c1. The molecule has 1 aliphatic carbocycles. The fourth-order valence-electron chi connectivity index (χ4n) is 2.00. The van der Waals surface area contributed by atoms with E-state index in [1.807, 2.05) is 18.2 Å². The van der Waals surface area contributed by atoms with Crippen LogP contribution in [0.3, 0.4) is 0 Å². The monoisotopic (exact) mass is 222 g/mol. The van der Waals surface area contributed by atoms with Crippen molar-refractivity contribution in [2.24, 2.45) is 0 Å². The summed E-state index contributed by atoms with van der Waals surface area (Å²) in [7, 11) is 1.60. The van der Waals surface area contributed by atoms with Gasteiger partial charge in [0.25, 0.3) is 0 Å². The fraction of sp³-hybridized carbons (Fsp3) is 0.538. The van der Waals surface area contributed by atoms with E-state index < -0.39 is 0 Å². The van der Waals surface area contributed by atoms with Crippen molar-refractivity contribution in [2.45, 2.75) is 38.1 Å². The van der Waals surface area contributed by atoms with E-state index >= 15 is 0 Å². The first kappa shape index (κ1) is 11.4. The number of ether oxygens (including phenoxy) is 2. The smallest absolute Gasteiger partial charge is 0.130 e. The molecule has 0 aromatic heterocycles. The van der Waals surface area contributed by atoms with E-state index in [0.717, 1.165) is 12.2 Å². The summed E-state index contributed by atoms with van der Waals surface area (Å²) in [5.41, 5.74) is 1.26. The largest absolute Gasteiger partial charge is 0.488 e. The van der Waals surface area contributed by atoms with Crippen LogP contribution in [0.15, 0.2) is 24.3 Å². The molecule has 0 amide bonds. The van der Waals surface area contributed by atoms with Gasteiger partial charge in [0.2, 0.25) is 0 Å². The van der Waals surface area contributed by atoms with Crippen LogP contribution in [0.2, 0.25) is 0 Å². The third-order valence-electron chi connectivity index (χ3n) is 3.09. The minimum atomic E-state index is -0.385. The molecule has 1 aliphatic rings. The number of methoxy groups -OCH3 is 1. The number of aryl methyl sites for hydroxylation is 1. The highest BCUT2D eigenvalue weighted by Gasteiger charge is 2.42. The Bertz CT molecular complexity index is 351. The van der Waals surface area contributed by atoms with Gasteiger partial charge in [0.1, 0.15) is 18.0 Å². The maximum Gasteiger partial charge on any atom is 0.130 e. The van der Waals surface area contributed by atoms with Crippen molar-refractivity contribution in [2.75, 3.05) is 7.11 Å². The van der Waals surface area contributed by atoms with Crippen molar-refractivity contribution in [3.8, 4) is 5.75 Å². The molecule has 1 aromatic carbocycles. The minimum absolute atomic E-state index is 0.0212. The van der Waals surface area contributed by atoms with Crippen LogP contribution in [0.1, 0.15) is 18.9 Å². The lowest BCUT2D eigenvalue weighted by Crippen LogP contribution is -2.54. The Morgan fingerprint density at radius 2 is 2.25 bits per heavy atom. The average Bonchev–Trinajstić information content (AvgIpc) is 2.29. The first-order valence-electron chi connectivity index (χ1n) is 5.71. The highest BCUT2D eigenvalue weighted by Crippen LogP contribution is 2.28. The number of benzene rings is 1. The van der Waals surface area contributed by atoms with Gasteiger partial charge in [0.05, 0.1) is 6.10 Å². The Morgan fingerprint density at radius 1 is 1.44 bits per heavy atom. The molecule has 1 saturated carbocycles. The first-order chi connectivity index (χ1) is 7.74. The molecular formula is C13H18O3. The van der Waals surface area contributed by atoms with E-state index in [4.69, 9.17) is 9.47 Å². The molecule has 0 bridgehead atoms. The summed E-state index contributed by atoms with van der Waals surface area (Å²) in [6.45, 7) is 2.12. The Kier molecular flexibility index (Phi) is 3.46. The van der Waals surface area contributed by atoms with Gasteiger partial charge in [-0.1, -0.05) is 19.1 Å². The molecule has 3 heteroatoms. The molecule has 0 heterocycles. The zero-order valence-electron chi connectivity index (χ0n) is 9.72. The standard InChI is InChI=1S/C13H18O3/c1-3-9-5-4-6-10(7-9)16-12-8-11(14)13(12)15-2/h4-7,11-14H,3,8H2,1-2H3. The quantitative estimate of drug-likeness (QED) is 0.844. The van der Waals surface area contributed by atoms with Crippen LogP contribution in [0, 0.1) is 0 Å². The lowest BCUT2D eigenvalue weighted by molar-refractivity contribution is -0.149. The van der Waals surface area contributed by atoms with Gasteiger partial charge in [-0.05, 0) is 24.1 Å². The summed E-state index contributed by atoms with van der Waals surface area (Å²) in [4.78, 5) is 0. The Hall–Kier alpha value is -1.06. The fourth-order valence-corrected chi connectivity index (χ4v) is 2.00. The molecule has 1 aromatic rings. The second-order valence-corrected chi connectivity index (χ2v) is 4.16. The zero-order valence-corrected chi connectivity index (χ0v) is 9.72. The molecular weight excluding hydrogens is 204 g/mol. The predicted octanol–water partition coefficient (Wildman–Crippen LogP) is 1.78. The number of aliphatic hydroxyl groups is 1. The second-order valence-electron chi connectivity index (χ2n) is 4.16. The van der Waals surface area contributed by atoms with E-state index in [-0.39, 0.29) is 18.3 Å². The lowest BCUT2D eigenvalue weighted by Gasteiger charge is -2.40. The van der Waals surface area contributed by atoms with Crippen molar-refractivity contribution in [3.05, 3.63) is 29.8 Å². The highest BCUT2D eigenvalue weighted by atomic mass is 16.6. The summed E-state index contributed by atoms with van der Waals surface area (Å²) in [6, 6.07) is 8.05. The minimum Gasteiger partial charge on any atom is -0.488 e. The maximum absolute atomic E-state index is 9.45. The van der Waals surface area contributed by atoms with Crippen molar-refractivity contribution >= 4 is 0 Å². The highest BCUT2D eigenvalue weighted by molar-refractivity contribution is 5.29. The summed E-state index contributed by atoms with van der Waals surface area (Å²) in [5, 5.41) is 9.45. The van der Waals surface area contributed by atoms with Gasteiger partial charge in [-0.3, -0.25) is 0 Å². The molecule has 3 nitrogen and oxygen atoms in total. The molecule has 0 aliphatic heterocycles. The molecule has 3 unspecified atom stereocenters. The van der Waals surface area contributed by atoms with Crippen molar-refractivity contribution in [1.29, 1.82) is 0 Å². The van der Waals surface area contributed by atoms with Gasteiger partial charge in [0.15, 0.2) is 0 Å². The molecule has 3 atom stereocenters. The van der Waals surface area contributed by atoms with Crippen LogP contribution in [0.4, 0.5) is 0 Å². The van der Waals surface area contributed by atoms with Crippen LogP contribution >= 0.6 is 0 Å². The van der Waals surface area contributed by atoms with E-state index in [2.05, 4.69) is 13.0 Å². The van der Waals surface area contributed by atoms with Gasteiger partial charge >= 0.3 is 0 Å². The maximum atomic E-state index is 9.45. The summed E-state index contributed by atoms with van der Waals surface area (Å²) in [6.07, 6.45) is 1.05. The van der Waals surface area contributed by atoms with E-state index in [9.17, 15) is 5.11 Å². The van der Waals surface area contributed by atoms with E-state index in [0.29, 0.717) is 6.42 Å². The van der Waals surface area contributed by atoms with Crippen LogP contribution in [0.5, 0.6) is 5.75 Å². The van der Waals surface area contributed by atoms with Crippen molar-refractivity contribution in [3.63, 3.8) is 0 Å². The zero-order chi connectivity index (χ0) is 11.5. The lowest BCUT2D eigenvalue weighted by atomic mass is 9.88. The second kappa shape index (κ2) is 4.85. The summed E-state index contributed by atoms with van der Waals surface area (Å²) in [5.74, 6) is 0.860. The summed E-state index contributed by atoms with van der Waals surface area (Å²) < 4.78 is 10.9. The molecule has 0 saturated heterocycles. The molecule has 0 spiro atoms. The van der Waals surface area contributed by atoms with Crippen LogP contribution in [-0.2, 0) is 11.2 Å². The third kappa shape index (κ3) is 2.20. The Balaban J connectivity index is 1.99. The number of rotatable bonds is 4. The molecule has 0 radical (unpaired) electrons. The normalized spacial score (nSPS) is 28.6. The third-order valence-corrected chi connectivity index (χ3v) is 3.09. The van der Waals surface area contributed by atoms with Crippen LogP contribution < -0.4 is 4.74 Å². The first-order valence-corrected chi connectivity index (χ1v) is 5.71. The average molecular weight is 222 g/mol. The molecule has 1 fully saturated rings. The van der Waals surface area contributed by atoms with Gasteiger partial charge in [0, 0.05) is 13.5 Å². The van der Waals surface area contributed by atoms with E-state index in [1.165, 1.54) is 5.56 Å². The number of hydrogen-bond donors (Lipinski definition) is 1. The van der Waals surface area contributed by atoms with Gasteiger partial charge < -0.3 is 14.6 Å². The molecule has 16 heavy (non-hydrogen) atoms. The topological polar surface area (TPSA) is 38.7 Å². The van der Waals surface area contributed by atoms with Gasteiger partial charge in [-0.25, -0.2) is 0 Å². The van der Waals surface area contributed by atoms with Crippen LogP contribution in [0.25, 0.3) is 0 Å². The molecule has 1 N–H and O–H groups in total. The van der Waals surface area contributed by atoms with Gasteiger partial charge in [-0.15, -0.1) is 0 Å².